The van der Waals surface area contributed by atoms with Crippen molar-refractivity contribution in [2.24, 2.45) is 0 Å². The highest BCUT2D eigenvalue weighted by atomic mass is 35.5. The van der Waals surface area contributed by atoms with Crippen molar-refractivity contribution in [1.82, 2.24) is 9.97 Å². The van der Waals surface area contributed by atoms with Crippen LogP contribution in [0.4, 0.5) is 23.0 Å². The SMILES string of the molecule is Cc1nc(Nc2cccc(C(=O)O)c2)cc(Nc2ccccc2Cl)n1. The third-order valence-corrected chi connectivity index (χ3v) is 3.69. The van der Waals surface area contributed by atoms with Gasteiger partial charge in [0.1, 0.15) is 17.5 Å². The molecule has 0 radical (unpaired) electrons. The van der Waals surface area contributed by atoms with Crippen molar-refractivity contribution in [2.45, 2.75) is 6.92 Å². The number of rotatable bonds is 5. The molecular formula is C18H15ClN4O2. The van der Waals surface area contributed by atoms with E-state index in [1.165, 1.54) is 6.07 Å². The Morgan fingerprint density at radius 1 is 1.00 bits per heavy atom. The third-order valence-electron chi connectivity index (χ3n) is 3.36. The smallest absolute Gasteiger partial charge is 0.335 e. The minimum Gasteiger partial charge on any atom is -0.478 e. The lowest BCUT2D eigenvalue weighted by Crippen LogP contribution is -2.02. The standard InChI is InChI=1S/C18H15ClN4O2/c1-11-20-16(22-13-6-4-5-12(9-13)18(24)25)10-17(21-11)23-15-8-3-2-7-14(15)19/h2-10H,1H3,(H,24,25)(H2,20,21,22,23). The molecule has 0 spiro atoms. The molecule has 0 aliphatic rings. The summed E-state index contributed by atoms with van der Waals surface area (Å²) in [5.74, 6) is 0.708. The molecule has 1 aromatic heterocycles. The van der Waals surface area contributed by atoms with E-state index in [4.69, 9.17) is 16.7 Å². The Labute approximate surface area is 149 Å². The maximum atomic E-state index is 11.1. The molecule has 126 valence electrons. The number of aromatic nitrogens is 2. The molecule has 0 bridgehead atoms. The van der Waals surface area contributed by atoms with Crippen LogP contribution in [0.3, 0.4) is 0 Å². The highest BCUT2D eigenvalue weighted by molar-refractivity contribution is 6.33. The summed E-state index contributed by atoms with van der Waals surface area (Å²) in [4.78, 5) is 19.7. The number of nitrogens with zero attached hydrogens (tertiary/aromatic N) is 2. The van der Waals surface area contributed by atoms with Gasteiger partial charge in [-0.2, -0.15) is 0 Å². The zero-order valence-corrected chi connectivity index (χ0v) is 14.1. The molecule has 0 aliphatic heterocycles. The normalized spacial score (nSPS) is 10.3. The number of carboxylic acids is 1. The second-order valence-electron chi connectivity index (χ2n) is 5.30. The van der Waals surface area contributed by atoms with Crippen molar-refractivity contribution >= 4 is 40.6 Å². The van der Waals surface area contributed by atoms with Crippen molar-refractivity contribution in [3.63, 3.8) is 0 Å². The third kappa shape index (κ3) is 4.24. The van der Waals surface area contributed by atoms with Crippen molar-refractivity contribution < 1.29 is 9.90 Å². The van der Waals surface area contributed by atoms with Gasteiger partial charge in [0.2, 0.25) is 0 Å². The van der Waals surface area contributed by atoms with E-state index in [0.717, 1.165) is 5.69 Å². The summed E-state index contributed by atoms with van der Waals surface area (Å²) in [7, 11) is 0. The molecule has 0 unspecified atom stereocenters. The Morgan fingerprint density at radius 3 is 2.44 bits per heavy atom. The molecule has 6 nitrogen and oxygen atoms in total. The number of hydrogen-bond acceptors (Lipinski definition) is 5. The molecule has 0 atom stereocenters. The van der Waals surface area contributed by atoms with Crippen LogP contribution < -0.4 is 10.6 Å². The number of nitrogens with one attached hydrogen (secondary N) is 2. The van der Waals surface area contributed by atoms with Gasteiger partial charge in [0, 0.05) is 11.8 Å². The highest BCUT2D eigenvalue weighted by Gasteiger charge is 2.07. The summed E-state index contributed by atoms with van der Waals surface area (Å²) in [6.45, 7) is 1.77. The minimum absolute atomic E-state index is 0.199. The van der Waals surface area contributed by atoms with Gasteiger partial charge in [0.05, 0.1) is 16.3 Å². The molecule has 25 heavy (non-hydrogen) atoms. The van der Waals surface area contributed by atoms with E-state index in [-0.39, 0.29) is 5.56 Å². The quantitative estimate of drug-likeness (QED) is 0.619. The molecule has 2 aromatic carbocycles. The molecule has 7 heteroatoms. The van der Waals surface area contributed by atoms with Crippen molar-refractivity contribution in [2.75, 3.05) is 10.6 Å². The molecule has 3 rings (SSSR count). The van der Waals surface area contributed by atoms with E-state index in [2.05, 4.69) is 20.6 Å². The lowest BCUT2D eigenvalue weighted by molar-refractivity contribution is 0.0697. The maximum Gasteiger partial charge on any atom is 0.335 e. The van der Waals surface area contributed by atoms with Crippen LogP contribution >= 0.6 is 11.6 Å². The van der Waals surface area contributed by atoms with E-state index in [9.17, 15) is 4.79 Å². The first-order valence-electron chi connectivity index (χ1n) is 7.49. The number of aryl methyl sites for hydroxylation is 1. The van der Waals surface area contributed by atoms with E-state index < -0.39 is 5.97 Å². The van der Waals surface area contributed by atoms with Gasteiger partial charge in [-0.1, -0.05) is 29.8 Å². The van der Waals surface area contributed by atoms with E-state index in [1.807, 2.05) is 18.2 Å². The van der Waals surface area contributed by atoms with Crippen LogP contribution in [0.1, 0.15) is 16.2 Å². The van der Waals surface area contributed by atoms with Crippen LogP contribution in [0, 0.1) is 6.92 Å². The number of anilines is 4. The highest BCUT2D eigenvalue weighted by Crippen LogP contribution is 2.25. The average Bonchev–Trinajstić information content (AvgIpc) is 2.57. The van der Waals surface area contributed by atoms with Gasteiger partial charge in [-0.25, -0.2) is 14.8 Å². The number of hydrogen-bond donors (Lipinski definition) is 3. The first-order chi connectivity index (χ1) is 12.0. The Balaban J connectivity index is 1.86. The number of carbonyl (C=O) groups is 1. The zero-order valence-electron chi connectivity index (χ0n) is 13.3. The predicted octanol–water partition coefficient (Wildman–Crippen LogP) is 4.62. The van der Waals surface area contributed by atoms with Crippen LogP contribution in [0.5, 0.6) is 0 Å². The van der Waals surface area contributed by atoms with Crippen LogP contribution in [0.2, 0.25) is 5.02 Å². The van der Waals surface area contributed by atoms with Crippen LogP contribution in [0.15, 0.2) is 54.6 Å². The monoisotopic (exact) mass is 354 g/mol. The van der Waals surface area contributed by atoms with Gasteiger partial charge in [0.15, 0.2) is 0 Å². The lowest BCUT2D eigenvalue weighted by atomic mass is 10.2. The summed E-state index contributed by atoms with van der Waals surface area (Å²) < 4.78 is 0. The summed E-state index contributed by atoms with van der Waals surface area (Å²) in [6, 6.07) is 15.6. The van der Waals surface area contributed by atoms with Crippen molar-refractivity contribution in [1.29, 1.82) is 0 Å². The summed E-state index contributed by atoms with van der Waals surface area (Å²) in [5.41, 5.74) is 1.56. The van der Waals surface area contributed by atoms with Crippen molar-refractivity contribution in [3.8, 4) is 0 Å². The zero-order chi connectivity index (χ0) is 17.8. The number of halogens is 1. The second-order valence-corrected chi connectivity index (χ2v) is 5.71. The number of benzene rings is 2. The topological polar surface area (TPSA) is 87.1 Å². The Kier molecular flexibility index (Phi) is 4.81. The summed E-state index contributed by atoms with van der Waals surface area (Å²) in [5, 5.41) is 15.9. The molecule has 1 heterocycles. The maximum absolute atomic E-state index is 11.1. The number of carboxylic acid groups (broad SMARTS) is 1. The Morgan fingerprint density at radius 2 is 1.72 bits per heavy atom. The fourth-order valence-electron chi connectivity index (χ4n) is 2.27. The van der Waals surface area contributed by atoms with Crippen LogP contribution in [-0.2, 0) is 0 Å². The van der Waals surface area contributed by atoms with Gasteiger partial charge in [-0.05, 0) is 37.3 Å². The summed E-state index contributed by atoms with van der Waals surface area (Å²) >= 11 is 6.15. The molecule has 0 aliphatic carbocycles. The molecule has 3 N–H and O–H groups in total. The molecular weight excluding hydrogens is 340 g/mol. The van der Waals surface area contributed by atoms with Gasteiger partial charge in [-0.15, -0.1) is 0 Å². The van der Waals surface area contributed by atoms with Gasteiger partial charge in [0.25, 0.3) is 0 Å². The van der Waals surface area contributed by atoms with Gasteiger partial charge in [-0.3, -0.25) is 0 Å². The van der Waals surface area contributed by atoms with E-state index in [0.29, 0.717) is 28.2 Å². The largest absolute Gasteiger partial charge is 0.478 e. The fourth-order valence-corrected chi connectivity index (χ4v) is 2.46. The molecule has 3 aromatic rings. The Hall–Kier alpha value is -3.12. The molecule has 0 saturated heterocycles. The first kappa shape index (κ1) is 16.7. The van der Waals surface area contributed by atoms with Crippen LogP contribution in [-0.4, -0.2) is 21.0 Å². The molecule has 0 fully saturated rings. The first-order valence-corrected chi connectivity index (χ1v) is 7.87. The predicted molar refractivity (Wildman–Crippen MR) is 98.2 cm³/mol. The van der Waals surface area contributed by atoms with E-state index in [1.54, 1.807) is 37.3 Å². The fraction of sp³-hybridized carbons (Fsp3) is 0.0556. The number of aromatic carboxylic acids is 1. The lowest BCUT2D eigenvalue weighted by Gasteiger charge is -2.11. The van der Waals surface area contributed by atoms with E-state index >= 15 is 0 Å². The second kappa shape index (κ2) is 7.19. The average molecular weight is 355 g/mol. The Bertz CT molecular complexity index is 930. The van der Waals surface area contributed by atoms with Gasteiger partial charge >= 0.3 is 5.97 Å². The number of para-hydroxylation sites is 1. The molecule has 0 saturated carbocycles. The summed E-state index contributed by atoms with van der Waals surface area (Å²) in [6.07, 6.45) is 0. The molecule has 0 amide bonds. The van der Waals surface area contributed by atoms with Crippen molar-refractivity contribution in [3.05, 3.63) is 71.0 Å². The van der Waals surface area contributed by atoms with Crippen LogP contribution in [0.25, 0.3) is 0 Å². The van der Waals surface area contributed by atoms with Gasteiger partial charge < -0.3 is 15.7 Å². The minimum atomic E-state index is -0.983.